The molecule has 92 valence electrons. The monoisotopic (exact) mass is 240 g/mol. The molecule has 0 bridgehead atoms. The first-order chi connectivity index (χ1) is 8.63. The molecule has 0 aromatic carbocycles. The molecule has 3 rings (SSSR count). The molecule has 0 aliphatic heterocycles. The summed E-state index contributed by atoms with van der Waals surface area (Å²) in [5.74, 6) is 1.36. The predicted molar refractivity (Wildman–Crippen MR) is 71.2 cm³/mol. The number of nitrogens with zero attached hydrogens (tertiary/aromatic N) is 3. The number of hydrogen-bond donors (Lipinski definition) is 1. The van der Waals surface area contributed by atoms with Gasteiger partial charge in [-0.05, 0) is 45.2 Å². The summed E-state index contributed by atoms with van der Waals surface area (Å²) in [6.07, 6.45) is 3.15. The Labute approximate surface area is 106 Å². The average molecular weight is 240 g/mol. The molecule has 0 atom stereocenters. The minimum atomic E-state index is 0.639. The SMILES string of the molecule is Cc1cc(-c2nc(N)c3c(n2)CCC3)cc(C)n1. The van der Waals surface area contributed by atoms with Crippen molar-refractivity contribution >= 4 is 5.82 Å². The molecule has 0 saturated carbocycles. The van der Waals surface area contributed by atoms with E-state index in [9.17, 15) is 0 Å². The molecule has 18 heavy (non-hydrogen) atoms. The summed E-state index contributed by atoms with van der Waals surface area (Å²) in [5, 5.41) is 0. The summed E-state index contributed by atoms with van der Waals surface area (Å²) in [6.45, 7) is 3.96. The van der Waals surface area contributed by atoms with Gasteiger partial charge in [-0.15, -0.1) is 0 Å². The Morgan fingerprint density at radius 1 is 1.00 bits per heavy atom. The summed E-state index contributed by atoms with van der Waals surface area (Å²) in [7, 11) is 0. The molecule has 0 radical (unpaired) electrons. The maximum atomic E-state index is 6.02. The van der Waals surface area contributed by atoms with Crippen LogP contribution in [-0.4, -0.2) is 15.0 Å². The first-order valence-corrected chi connectivity index (χ1v) is 6.24. The third-order valence-corrected chi connectivity index (χ3v) is 3.30. The van der Waals surface area contributed by atoms with Gasteiger partial charge in [-0.2, -0.15) is 0 Å². The molecular formula is C14H16N4. The molecule has 0 amide bonds. The third kappa shape index (κ3) is 1.83. The van der Waals surface area contributed by atoms with Gasteiger partial charge in [0, 0.05) is 28.2 Å². The number of anilines is 1. The third-order valence-electron chi connectivity index (χ3n) is 3.30. The van der Waals surface area contributed by atoms with Crippen LogP contribution >= 0.6 is 0 Å². The lowest BCUT2D eigenvalue weighted by molar-refractivity contribution is 0.900. The molecule has 2 heterocycles. The molecule has 2 aromatic rings. The highest BCUT2D eigenvalue weighted by Gasteiger charge is 2.18. The van der Waals surface area contributed by atoms with Gasteiger partial charge in [0.05, 0.1) is 0 Å². The highest BCUT2D eigenvalue weighted by Crippen LogP contribution is 2.27. The largest absolute Gasteiger partial charge is 0.383 e. The molecule has 0 spiro atoms. The Balaban J connectivity index is 2.15. The van der Waals surface area contributed by atoms with Crippen LogP contribution < -0.4 is 5.73 Å². The van der Waals surface area contributed by atoms with Gasteiger partial charge in [0.25, 0.3) is 0 Å². The standard InChI is InChI=1S/C14H16N4/c1-8-6-10(7-9(2)16-8)14-17-12-5-3-4-11(12)13(15)18-14/h6-7H,3-5H2,1-2H3,(H2,15,17,18). The first-order valence-electron chi connectivity index (χ1n) is 6.24. The normalized spacial score (nSPS) is 13.7. The topological polar surface area (TPSA) is 64.7 Å². The number of aromatic nitrogens is 3. The fourth-order valence-corrected chi connectivity index (χ4v) is 2.55. The number of aryl methyl sites for hydroxylation is 3. The van der Waals surface area contributed by atoms with Crippen LogP contribution in [0.15, 0.2) is 12.1 Å². The number of rotatable bonds is 1. The number of pyridine rings is 1. The van der Waals surface area contributed by atoms with Crippen LogP contribution in [-0.2, 0) is 12.8 Å². The van der Waals surface area contributed by atoms with E-state index in [1.165, 1.54) is 0 Å². The lowest BCUT2D eigenvalue weighted by Crippen LogP contribution is -2.03. The molecule has 0 saturated heterocycles. The highest BCUT2D eigenvalue weighted by molar-refractivity contribution is 5.60. The second-order valence-electron chi connectivity index (χ2n) is 4.85. The van der Waals surface area contributed by atoms with Crippen LogP contribution in [0.2, 0.25) is 0 Å². The van der Waals surface area contributed by atoms with E-state index < -0.39 is 0 Å². The van der Waals surface area contributed by atoms with Crippen LogP contribution in [0.1, 0.15) is 29.1 Å². The maximum absolute atomic E-state index is 6.02. The number of nitrogens with two attached hydrogens (primary N) is 1. The van der Waals surface area contributed by atoms with Gasteiger partial charge in [0.15, 0.2) is 5.82 Å². The minimum Gasteiger partial charge on any atom is -0.383 e. The Hall–Kier alpha value is -1.97. The van der Waals surface area contributed by atoms with Crippen LogP contribution in [0.3, 0.4) is 0 Å². The summed E-state index contributed by atoms with van der Waals surface area (Å²) in [6, 6.07) is 4.01. The zero-order valence-electron chi connectivity index (χ0n) is 10.7. The van der Waals surface area contributed by atoms with E-state index in [0.717, 1.165) is 53.3 Å². The van der Waals surface area contributed by atoms with Crippen molar-refractivity contribution < 1.29 is 0 Å². The van der Waals surface area contributed by atoms with E-state index in [4.69, 9.17) is 5.73 Å². The van der Waals surface area contributed by atoms with Gasteiger partial charge in [-0.25, -0.2) is 9.97 Å². The molecule has 4 heteroatoms. The van der Waals surface area contributed by atoms with Crippen molar-refractivity contribution in [1.29, 1.82) is 0 Å². The van der Waals surface area contributed by atoms with Crippen molar-refractivity contribution in [1.82, 2.24) is 15.0 Å². The highest BCUT2D eigenvalue weighted by atomic mass is 15.0. The minimum absolute atomic E-state index is 0.639. The molecule has 2 aromatic heterocycles. The fourth-order valence-electron chi connectivity index (χ4n) is 2.55. The van der Waals surface area contributed by atoms with Crippen LogP contribution in [0, 0.1) is 13.8 Å². The second kappa shape index (κ2) is 4.05. The van der Waals surface area contributed by atoms with E-state index in [1.54, 1.807) is 0 Å². The lowest BCUT2D eigenvalue weighted by atomic mass is 10.1. The van der Waals surface area contributed by atoms with Crippen molar-refractivity contribution in [3.8, 4) is 11.4 Å². The summed E-state index contributed by atoms with van der Waals surface area (Å²) >= 11 is 0. The smallest absolute Gasteiger partial charge is 0.161 e. The van der Waals surface area contributed by atoms with Gasteiger partial charge < -0.3 is 5.73 Å². The van der Waals surface area contributed by atoms with Crippen molar-refractivity contribution in [3.63, 3.8) is 0 Å². The Kier molecular flexibility index (Phi) is 2.51. The fraction of sp³-hybridized carbons (Fsp3) is 0.357. The van der Waals surface area contributed by atoms with Crippen LogP contribution in [0.4, 0.5) is 5.82 Å². The van der Waals surface area contributed by atoms with Crippen LogP contribution in [0.25, 0.3) is 11.4 Å². The average Bonchev–Trinajstić information content (AvgIpc) is 2.76. The molecule has 1 aliphatic carbocycles. The number of hydrogen-bond acceptors (Lipinski definition) is 4. The van der Waals surface area contributed by atoms with Gasteiger partial charge >= 0.3 is 0 Å². The van der Waals surface area contributed by atoms with E-state index in [0.29, 0.717) is 5.82 Å². The van der Waals surface area contributed by atoms with E-state index in [2.05, 4.69) is 15.0 Å². The van der Waals surface area contributed by atoms with Crippen LogP contribution in [0.5, 0.6) is 0 Å². The molecule has 2 N–H and O–H groups in total. The van der Waals surface area contributed by atoms with E-state index in [1.807, 2.05) is 26.0 Å². The molecular weight excluding hydrogens is 224 g/mol. The molecule has 1 aliphatic rings. The van der Waals surface area contributed by atoms with E-state index >= 15 is 0 Å². The van der Waals surface area contributed by atoms with Gasteiger partial charge in [0.1, 0.15) is 5.82 Å². The number of fused-ring (bicyclic) bond motifs is 1. The summed E-state index contributed by atoms with van der Waals surface area (Å²) in [4.78, 5) is 13.5. The molecule has 0 fully saturated rings. The van der Waals surface area contributed by atoms with Crippen molar-refractivity contribution in [2.24, 2.45) is 0 Å². The lowest BCUT2D eigenvalue weighted by Gasteiger charge is -2.08. The number of nitrogen functional groups attached to an aromatic ring is 1. The van der Waals surface area contributed by atoms with Crippen molar-refractivity contribution in [3.05, 3.63) is 34.8 Å². The quantitative estimate of drug-likeness (QED) is 0.830. The predicted octanol–water partition coefficient (Wildman–Crippen LogP) is 2.23. The molecule has 0 unspecified atom stereocenters. The first kappa shape index (κ1) is 11.1. The van der Waals surface area contributed by atoms with Gasteiger partial charge in [-0.3, -0.25) is 4.98 Å². The van der Waals surface area contributed by atoms with Crippen molar-refractivity contribution in [2.75, 3.05) is 5.73 Å². The Morgan fingerprint density at radius 2 is 1.72 bits per heavy atom. The summed E-state index contributed by atoms with van der Waals surface area (Å²) < 4.78 is 0. The van der Waals surface area contributed by atoms with Gasteiger partial charge in [0.2, 0.25) is 0 Å². The second-order valence-corrected chi connectivity index (χ2v) is 4.85. The Bertz CT molecular complexity index is 599. The van der Waals surface area contributed by atoms with E-state index in [-0.39, 0.29) is 0 Å². The zero-order valence-corrected chi connectivity index (χ0v) is 10.7. The molecule has 4 nitrogen and oxygen atoms in total. The van der Waals surface area contributed by atoms with Gasteiger partial charge in [-0.1, -0.05) is 0 Å². The maximum Gasteiger partial charge on any atom is 0.161 e. The summed E-state index contributed by atoms with van der Waals surface area (Å²) in [5.41, 5.74) is 11.2. The zero-order chi connectivity index (χ0) is 12.7. The van der Waals surface area contributed by atoms with Crippen molar-refractivity contribution in [2.45, 2.75) is 33.1 Å². The Morgan fingerprint density at radius 3 is 2.44 bits per heavy atom.